The largest absolute Gasteiger partial charge is 0.481 e. The Morgan fingerprint density at radius 1 is 1.07 bits per heavy atom. The number of aliphatic carboxylic acids is 1. The van der Waals surface area contributed by atoms with Crippen LogP contribution in [0.5, 0.6) is 0 Å². The molecule has 42 heavy (non-hydrogen) atoms. The first-order valence-corrected chi connectivity index (χ1v) is 16.4. The zero-order chi connectivity index (χ0) is 30.2. The smallest absolute Gasteiger partial charge is 0.304 e. The second-order valence-corrected chi connectivity index (χ2v) is 14.4. The number of nitrogens with zero attached hydrogens (tertiary/aromatic N) is 3. The van der Waals surface area contributed by atoms with Gasteiger partial charge < -0.3 is 10.0 Å². The molecule has 1 unspecified atom stereocenters. The Hall–Kier alpha value is -3.14. The molecule has 2 aliphatic rings. The summed E-state index contributed by atoms with van der Waals surface area (Å²) in [6, 6.07) is 18.7. The maximum Gasteiger partial charge on any atom is 0.304 e. The minimum absolute atomic E-state index is 0.0121. The number of carbonyl (C=O) groups is 2. The molecule has 2 aromatic carbocycles. The van der Waals surface area contributed by atoms with Gasteiger partial charge in [-0.1, -0.05) is 60.5 Å². The van der Waals surface area contributed by atoms with Crippen LogP contribution in [0.3, 0.4) is 0 Å². The first kappa shape index (κ1) is 30.3. The predicted molar refractivity (Wildman–Crippen MR) is 163 cm³/mol. The first-order chi connectivity index (χ1) is 19.9. The van der Waals surface area contributed by atoms with Gasteiger partial charge in [0.05, 0.1) is 36.7 Å². The van der Waals surface area contributed by atoms with E-state index in [1.165, 1.54) is 10.5 Å². The third kappa shape index (κ3) is 6.43. The number of carboxylic acid groups (broad SMARTS) is 1. The van der Waals surface area contributed by atoms with Gasteiger partial charge in [0.25, 0.3) is 0 Å². The lowest BCUT2D eigenvalue weighted by molar-refractivity contribution is -0.160. The maximum absolute atomic E-state index is 14.6. The zero-order valence-electron chi connectivity index (χ0n) is 23.4. The van der Waals surface area contributed by atoms with Gasteiger partial charge in [-0.3, -0.25) is 13.9 Å². The van der Waals surface area contributed by atoms with Gasteiger partial charge in [0.2, 0.25) is 15.9 Å². The second-order valence-electron chi connectivity index (χ2n) is 11.6. The molecule has 8 nitrogen and oxygen atoms in total. The highest BCUT2D eigenvalue weighted by atomic mass is 35.5. The maximum atomic E-state index is 14.6. The summed E-state index contributed by atoms with van der Waals surface area (Å²) in [6.07, 6.45) is 4.21. The lowest BCUT2D eigenvalue weighted by Crippen LogP contribution is -2.59. The van der Waals surface area contributed by atoms with Gasteiger partial charge >= 0.3 is 5.97 Å². The highest BCUT2D eigenvalue weighted by Crippen LogP contribution is 2.54. The number of piperidine rings is 1. The number of carbonyl (C=O) groups excluding carboxylic acids is 1. The third-order valence-electron chi connectivity index (χ3n) is 8.31. The molecule has 4 atom stereocenters. The number of hydrogen-bond donors (Lipinski definition) is 1. The lowest BCUT2D eigenvalue weighted by atomic mass is 9.67. The Labute approximate surface area is 256 Å². The van der Waals surface area contributed by atoms with Crippen LogP contribution in [0.2, 0.25) is 10.0 Å². The topological polar surface area (TPSA) is 108 Å². The fraction of sp³-hybridized carbons (Fsp3) is 0.387. The lowest BCUT2D eigenvalue weighted by Gasteiger charge is -2.52. The minimum Gasteiger partial charge on any atom is -0.481 e. The fourth-order valence-corrected chi connectivity index (χ4v) is 7.46. The standard InChI is InChI=1S/C31H33Cl2N3O5S/c1-31(18-28(37)38)17-25(22-6-5-7-24(33)16-22)29(21-11-13-23(32)14-12-21)36(30(31)39)26(20-9-10-20)19-35(42(2,40)41)27-8-3-4-15-34-27/h3-8,11-16,20,25-26,29H,9-10,17-19H2,1-2H3,(H,37,38)/t25-,26-,29?,31-/m1/s1. The molecule has 2 heterocycles. The molecule has 0 radical (unpaired) electrons. The molecule has 2 fully saturated rings. The average Bonchev–Trinajstić information content (AvgIpc) is 3.76. The average molecular weight is 631 g/mol. The number of hydrogen-bond acceptors (Lipinski definition) is 5. The van der Waals surface area contributed by atoms with E-state index >= 15 is 0 Å². The molecule has 1 saturated heterocycles. The summed E-state index contributed by atoms with van der Waals surface area (Å²) < 4.78 is 27.5. The van der Waals surface area contributed by atoms with Crippen molar-refractivity contribution in [1.82, 2.24) is 9.88 Å². The van der Waals surface area contributed by atoms with Crippen molar-refractivity contribution in [2.24, 2.45) is 11.3 Å². The van der Waals surface area contributed by atoms with E-state index < -0.39 is 33.5 Å². The van der Waals surface area contributed by atoms with Crippen LogP contribution in [-0.4, -0.2) is 54.1 Å². The predicted octanol–water partition coefficient (Wildman–Crippen LogP) is 6.17. The van der Waals surface area contributed by atoms with Gasteiger partial charge in [0.1, 0.15) is 5.82 Å². The summed E-state index contributed by atoms with van der Waals surface area (Å²) in [5.41, 5.74) is 0.454. The monoisotopic (exact) mass is 629 g/mol. The Morgan fingerprint density at radius 3 is 2.36 bits per heavy atom. The van der Waals surface area contributed by atoms with Crippen LogP contribution in [0.1, 0.15) is 55.7 Å². The van der Waals surface area contributed by atoms with Crippen molar-refractivity contribution in [3.05, 3.63) is 94.1 Å². The Balaban J connectivity index is 1.70. The summed E-state index contributed by atoms with van der Waals surface area (Å²) in [7, 11) is -3.78. The number of carboxylic acids is 1. The number of benzene rings is 2. The zero-order valence-corrected chi connectivity index (χ0v) is 25.7. The summed E-state index contributed by atoms with van der Waals surface area (Å²) in [6.45, 7) is 1.69. The Morgan fingerprint density at radius 2 is 1.79 bits per heavy atom. The van der Waals surface area contributed by atoms with Crippen LogP contribution in [-0.2, 0) is 19.6 Å². The summed E-state index contributed by atoms with van der Waals surface area (Å²) in [5.74, 6) is -1.42. The van der Waals surface area contributed by atoms with Crippen LogP contribution in [0.15, 0.2) is 72.9 Å². The van der Waals surface area contributed by atoms with Crippen molar-refractivity contribution in [3.63, 3.8) is 0 Å². The number of halogens is 2. The van der Waals surface area contributed by atoms with Gasteiger partial charge in [0, 0.05) is 22.2 Å². The van der Waals surface area contributed by atoms with Gasteiger partial charge in [-0.25, -0.2) is 13.4 Å². The number of anilines is 1. The van der Waals surface area contributed by atoms with Crippen molar-refractivity contribution in [2.75, 3.05) is 17.1 Å². The van der Waals surface area contributed by atoms with Crippen molar-refractivity contribution < 1.29 is 23.1 Å². The SMILES string of the molecule is C[C@]1(CC(=O)O)C[C@H](c2cccc(Cl)c2)C(c2ccc(Cl)cc2)N([C@H](CN(c2ccccn2)S(C)(=O)=O)C2CC2)C1=O. The van der Waals surface area contributed by atoms with E-state index in [1.54, 1.807) is 48.2 Å². The van der Waals surface area contributed by atoms with Crippen molar-refractivity contribution in [3.8, 4) is 0 Å². The Kier molecular flexibility index (Phi) is 8.56. The highest BCUT2D eigenvalue weighted by molar-refractivity contribution is 7.92. The molecular formula is C31H33Cl2N3O5S. The molecule has 5 rings (SSSR count). The number of rotatable bonds is 10. The van der Waals surface area contributed by atoms with Crippen LogP contribution in [0.25, 0.3) is 0 Å². The van der Waals surface area contributed by atoms with Gasteiger partial charge in [-0.2, -0.15) is 0 Å². The van der Waals surface area contributed by atoms with E-state index in [1.807, 2.05) is 30.3 Å². The molecule has 0 bridgehead atoms. The number of aromatic nitrogens is 1. The molecule has 1 saturated carbocycles. The quantitative estimate of drug-likeness (QED) is 0.287. The minimum atomic E-state index is -3.78. The third-order valence-corrected chi connectivity index (χ3v) is 9.94. The molecule has 11 heteroatoms. The molecule has 0 spiro atoms. The summed E-state index contributed by atoms with van der Waals surface area (Å²) in [4.78, 5) is 32.8. The molecule has 3 aromatic rings. The van der Waals surface area contributed by atoms with Crippen molar-refractivity contribution >= 4 is 50.9 Å². The van der Waals surface area contributed by atoms with E-state index in [0.29, 0.717) is 10.0 Å². The molecule has 1 aromatic heterocycles. The van der Waals surface area contributed by atoms with E-state index in [4.69, 9.17) is 23.2 Å². The van der Waals surface area contributed by atoms with Crippen LogP contribution in [0, 0.1) is 11.3 Å². The molecule has 1 N–H and O–H groups in total. The number of amides is 1. The van der Waals surface area contributed by atoms with E-state index in [9.17, 15) is 23.1 Å². The van der Waals surface area contributed by atoms with Crippen LogP contribution >= 0.6 is 23.2 Å². The van der Waals surface area contributed by atoms with Crippen molar-refractivity contribution in [2.45, 2.75) is 50.6 Å². The molecule has 1 aliphatic heterocycles. The molecule has 1 aliphatic carbocycles. The first-order valence-electron chi connectivity index (χ1n) is 13.8. The van der Waals surface area contributed by atoms with E-state index in [0.717, 1.165) is 30.2 Å². The molecule has 1 amide bonds. The number of sulfonamides is 1. The number of likely N-dealkylation sites (tertiary alicyclic amines) is 1. The van der Waals surface area contributed by atoms with Gasteiger partial charge in [0.15, 0.2) is 0 Å². The van der Waals surface area contributed by atoms with Crippen LogP contribution in [0.4, 0.5) is 5.82 Å². The van der Waals surface area contributed by atoms with Gasteiger partial charge in [-0.05, 0) is 72.7 Å². The van der Waals surface area contributed by atoms with E-state index in [-0.39, 0.29) is 42.9 Å². The summed E-state index contributed by atoms with van der Waals surface area (Å²) >= 11 is 12.7. The number of pyridine rings is 1. The molecular weight excluding hydrogens is 597 g/mol. The van der Waals surface area contributed by atoms with E-state index in [2.05, 4.69) is 4.98 Å². The molecule has 222 valence electrons. The highest BCUT2D eigenvalue weighted by Gasteiger charge is 2.55. The second kappa shape index (κ2) is 11.9. The van der Waals surface area contributed by atoms with Gasteiger partial charge in [-0.15, -0.1) is 0 Å². The van der Waals surface area contributed by atoms with Crippen LogP contribution < -0.4 is 4.31 Å². The Bertz CT molecular complexity index is 1570. The summed E-state index contributed by atoms with van der Waals surface area (Å²) in [5, 5.41) is 11.0. The normalized spacial score (nSPS) is 23.4. The van der Waals surface area contributed by atoms with Crippen molar-refractivity contribution in [1.29, 1.82) is 0 Å². The fourth-order valence-electron chi connectivity index (χ4n) is 6.26.